The summed E-state index contributed by atoms with van der Waals surface area (Å²) in [6, 6.07) is 10.7. The lowest BCUT2D eigenvalue weighted by Gasteiger charge is -2.33. The van der Waals surface area contributed by atoms with Crippen LogP contribution in [0.25, 0.3) is 0 Å². The third-order valence-electron chi connectivity index (χ3n) is 5.56. The fraction of sp³-hybridized carbons (Fsp3) is 0.435. The molecule has 166 valence electrons. The lowest BCUT2D eigenvalue weighted by Crippen LogP contribution is -2.36. The molecule has 0 spiro atoms. The number of amides is 1. The van der Waals surface area contributed by atoms with Gasteiger partial charge in [-0.05, 0) is 50.9 Å². The van der Waals surface area contributed by atoms with Gasteiger partial charge in [0.05, 0.1) is 24.7 Å². The van der Waals surface area contributed by atoms with E-state index < -0.39 is 10.8 Å². The number of piperidine rings is 1. The highest BCUT2D eigenvalue weighted by atomic mass is 16.6. The van der Waals surface area contributed by atoms with E-state index in [1.54, 1.807) is 6.92 Å². The SMILES string of the molecule is CCOc1cc([N+](=O)[O-])c(C(=O)Nc2ccc(CN3CCCCC3C)cc2)cc1OC. The second-order valence-corrected chi connectivity index (χ2v) is 7.68. The molecule has 31 heavy (non-hydrogen) atoms. The van der Waals surface area contributed by atoms with Crippen molar-refractivity contribution in [3.63, 3.8) is 0 Å². The van der Waals surface area contributed by atoms with Crippen LogP contribution in [-0.2, 0) is 6.54 Å². The third-order valence-corrected chi connectivity index (χ3v) is 5.56. The Morgan fingerprint density at radius 1 is 1.23 bits per heavy atom. The summed E-state index contributed by atoms with van der Waals surface area (Å²) in [5, 5.41) is 14.3. The summed E-state index contributed by atoms with van der Waals surface area (Å²) < 4.78 is 10.6. The molecule has 1 fully saturated rings. The van der Waals surface area contributed by atoms with E-state index in [0.29, 0.717) is 18.3 Å². The number of nitro groups is 1. The zero-order valence-electron chi connectivity index (χ0n) is 18.2. The number of nitrogens with one attached hydrogen (secondary N) is 1. The summed E-state index contributed by atoms with van der Waals surface area (Å²) in [5.74, 6) is -0.0846. The quantitative estimate of drug-likeness (QED) is 0.488. The van der Waals surface area contributed by atoms with E-state index in [1.807, 2.05) is 24.3 Å². The smallest absolute Gasteiger partial charge is 0.286 e. The third kappa shape index (κ3) is 5.52. The van der Waals surface area contributed by atoms with Crippen LogP contribution in [0.5, 0.6) is 11.5 Å². The highest BCUT2D eigenvalue weighted by molar-refractivity contribution is 6.07. The van der Waals surface area contributed by atoms with Crippen molar-refractivity contribution in [2.45, 2.75) is 45.7 Å². The number of carbonyl (C=O) groups excluding carboxylic acids is 1. The van der Waals surface area contributed by atoms with Gasteiger partial charge in [-0.15, -0.1) is 0 Å². The maximum absolute atomic E-state index is 12.8. The zero-order chi connectivity index (χ0) is 22.4. The van der Waals surface area contributed by atoms with E-state index in [2.05, 4.69) is 17.1 Å². The molecule has 1 N–H and O–H groups in total. The molecule has 0 radical (unpaired) electrons. The number of nitro benzene ring substituents is 1. The van der Waals surface area contributed by atoms with Gasteiger partial charge in [0.25, 0.3) is 11.6 Å². The molecule has 1 heterocycles. The standard InChI is InChI=1S/C23H29N3O5/c1-4-31-22-14-20(26(28)29)19(13-21(22)30-3)23(27)24-18-10-8-17(9-11-18)15-25-12-6-5-7-16(25)2/h8-11,13-14,16H,4-7,12,15H2,1-3H3,(H,24,27). The topological polar surface area (TPSA) is 93.9 Å². The first-order chi connectivity index (χ1) is 14.9. The average Bonchev–Trinajstić information content (AvgIpc) is 2.76. The molecule has 2 aromatic rings. The number of anilines is 1. The number of carbonyl (C=O) groups is 1. The van der Waals surface area contributed by atoms with Crippen LogP contribution >= 0.6 is 0 Å². The van der Waals surface area contributed by atoms with Gasteiger partial charge in [0.2, 0.25) is 0 Å². The molecule has 0 saturated carbocycles. The molecule has 1 aliphatic rings. The Morgan fingerprint density at radius 3 is 2.58 bits per heavy atom. The van der Waals surface area contributed by atoms with Crippen molar-refractivity contribution in [2.75, 3.05) is 25.6 Å². The van der Waals surface area contributed by atoms with Gasteiger partial charge in [-0.2, -0.15) is 0 Å². The number of rotatable bonds is 8. The summed E-state index contributed by atoms with van der Waals surface area (Å²) in [4.78, 5) is 26.2. The van der Waals surface area contributed by atoms with Gasteiger partial charge in [-0.3, -0.25) is 19.8 Å². The lowest BCUT2D eigenvalue weighted by atomic mass is 10.0. The molecule has 1 amide bonds. The minimum Gasteiger partial charge on any atom is -0.493 e. The van der Waals surface area contributed by atoms with Crippen LogP contribution in [0.15, 0.2) is 36.4 Å². The molecule has 0 bridgehead atoms. The van der Waals surface area contributed by atoms with Crippen molar-refractivity contribution < 1.29 is 19.2 Å². The van der Waals surface area contributed by atoms with Crippen molar-refractivity contribution in [3.8, 4) is 11.5 Å². The van der Waals surface area contributed by atoms with Gasteiger partial charge < -0.3 is 14.8 Å². The average molecular weight is 428 g/mol. The number of benzene rings is 2. The van der Waals surface area contributed by atoms with Crippen LogP contribution in [0.4, 0.5) is 11.4 Å². The number of hydrogen-bond acceptors (Lipinski definition) is 6. The predicted molar refractivity (Wildman–Crippen MR) is 119 cm³/mol. The highest BCUT2D eigenvalue weighted by Gasteiger charge is 2.25. The maximum Gasteiger partial charge on any atom is 0.286 e. The number of hydrogen-bond donors (Lipinski definition) is 1. The van der Waals surface area contributed by atoms with E-state index >= 15 is 0 Å². The van der Waals surface area contributed by atoms with Crippen LogP contribution in [0.3, 0.4) is 0 Å². The lowest BCUT2D eigenvalue weighted by molar-refractivity contribution is -0.385. The van der Waals surface area contributed by atoms with Crippen LogP contribution in [-0.4, -0.2) is 42.0 Å². The Morgan fingerprint density at radius 2 is 1.97 bits per heavy atom. The van der Waals surface area contributed by atoms with E-state index in [1.165, 1.54) is 44.1 Å². The largest absolute Gasteiger partial charge is 0.493 e. The van der Waals surface area contributed by atoms with Crippen LogP contribution in [0.1, 0.15) is 49.0 Å². The van der Waals surface area contributed by atoms with Crippen LogP contribution in [0.2, 0.25) is 0 Å². The normalized spacial score (nSPS) is 16.5. The molecule has 8 heteroatoms. The summed E-state index contributed by atoms with van der Waals surface area (Å²) in [7, 11) is 1.42. The van der Waals surface area contributed by atoms with Crippen LogP contribution < -0.4 is 14.8 Å². The molecular formula is C23H29N3O5. The zero-order valence-corrected chi connectivity index (χ0v) is 18.2. The maximum atomic E-state index is 12.8. The Balaban J connectivity index is 1.75. The first kappa shape index (κ1) is 22.6. The van der Waals surface area contributed by atoms with Crippen LogP contribution in [0, 0.1) is 10.1 Å². The van der Waals surface area contributed by atoms with E-state index in [0.717, 1.165) is 13.1 Å². The van der Waals surface area contributed by atoms with Crippen molar-refractivity contribution in [2.24, 2.45) is 0 Å². The molecule has 0 aromatic heterocycles. The highest BCUT2D eigenvalue weighted by Crippen LogP contribution is 2.35. The van der Waals surface area contributed by atoms with Crippen molar-refractivity contribution in [1.82, 2.24) is 4.90 Å². The van der Waals surface area contributed by atoms with Crippen molar-refractivity contribution in [1.29, 1.82) is 0 Å². The Labute approximate surface area is 182 Å². The minimum absolute atomic E-state index is 0.0866. The second kappa shape index (κ2) is 10.3. The Hall–Kier alpha value is -3.13. The number of nitrogens with zero attached hydrogens (tertiary/aromatic N) is 2. The van der Waals surface area contributed by atoms with Crippen molar-refractivity contribution >= 4 is 17.3 Å². The van der Waals surface area contributed by atoms with E-state index in [-0.39, 0.29) is 22.7 Å². The molecule has 3 rings (SSSR count). The number of ether oxygens (including phenoxy) is 2. The molecule has 1 atom stereocenters. The van der Waals surface area contributed by atoms with E-state index in [4.69, 9.17) is 9.47 Å². The number of likely N-dealkylation sites (tertiary alicyclic amines) is 1. The van der Waals surface area contributed by atoms with Gasteiger partial charge >= 0.3 is 0 Å². The molecule has 1 saturated heterocycles. The fourth-order valence-corrected chi connectivity index (χ4v) is 3.83. The molecular weight excluding hydrogens is 398 g/mol. The Bertz CT molecular complexity index is 930. The summed E-state index contributed by atoms with van der Waals surface area (Å²) in [6.07, 6.45) is 3.73. The van der Waals surface area contributed by atoms with Gasteiger partial charge in [0, 0.05) is 24.3 Å². The minimum atomic E-state index is -0.597. The molecule has 2 aromatic carbocycles. The summed E-state index contributed by atoms with van der Waals surface area (Å²) >= 11 is 0. The van der Waals surface area contributed by atoms with Gasteiger partial charge in [0.15, 0.2) is 11.5 Å². The monoisotopic (exact) mass is 427 g/mol. The summed E-state index contributed by atoms with van der Waals surface area (Å²) in [6.45, 7) is 6.31. The Kier molecular flexibility index (Phi) is 7.46. The van der Waals surface area contributed by atoms with Gasteiger partial charge in [-0.25, -0.2) is 0 Å². The number of methoxy groups -OCH3 is 1. The molecule has 8 nitrogen and oxygen atoms in total. The van der Waals surface area contributed by atoms with Gasteiger partial charge in [-0.1, -0.05) is 18.6 Å². The second-order valence-electron chi connectivity index (χ2n) is 7.68. The predicted octanol–water partition coefficient (Wildman–Crippen LogP) is 4.63. The van der Waals surface area contributed by atoms with Gasteiger partial charge in [0.1, 0.15) is 5.56 Å². The molecule has 0 aliphatic carbocycles. The van der Waals surface area contributed by atoms with E-state index in [9.17, 15) is 14.9 Å². The van der Waals surface area contributed by atoms with Crippen molar-refractivity contribution in [3.05, 3.63) is 57.6 Å². The molecule has 1 unspecified atom stereocenters. The fourth-order valence-electron chi connectivity index (χ4n) is 3.83. The first-order valence-corrected chi connectivity index (χ1v) is 10.6. The first-order valence-electron chi connectivity index (χ1n) is 10.6. The molecule has 1 aliphatic heterocycles. The summed E-state index contributed by atoms with van der Waals surface area (Å²) in [5.41, 5.74) is 1.32.